The summed E-state index contributed by atoms with van der Waals surface area (Å²) in [6, 6.07) is 1.95. The summed E-state index contributed by atoms with van der Waals surface area (Å²) in [5, 5.41) is 4.01. The van der Waals surface area contributed by atoms with Crippen molar-refractivity contribution in [3.8, 4) is 0 Å². The van der Waals surface area contributed by atoms with Gasteiger partial charge in [-0.1, -0.05) is 5.16 Å². The molecule has 0 amide bonds. The van der Waals surface area contributed by atoms with Crippen molar-refractivity contribution < 1.29 is 4.52 Å². The Kier molecular flexibility index (Phi) is 3.33. The van der Waals surface area contributed by atoms with Crippen LogP contribution in [-0.4, -0.2) is 46.2 Å². The lowest BCUT2D eigenvalue weighted by atomic mass is 10.0. The Bertz CT molecular complexity index is 643. The summed E-state index contributed by atoms with van der Waals surface area (Å²) < 4.78 is 4.92. The zero-order valence-corrected chi connectivity index (χ0v) is 13.1. The van der Waals surface area contributed by atoms with E-state index in [2.05, 4.69) is 38.8 Å². The number of aromatic nitrogens is 3. The summed E-state index contributed by atoms with van der Waals surface area (Å²) in [6.07, 6.45) is 3.33. The first-order chi connectivity index (χ1) is 10.7. The fourth-order valence-electron chi connectivity index (χ4n) is 3.78. The highest BCUT2D eigenvalue weighted by Gasteiger charge is 2.40. The molecule has 2 fully saturated rings. The maximum atomic E-state index is 4.92. The number of aryl methyl sites for hydroxylation is 1. The van der Waals surface area contributed by atoms with Gasteiger partial charge in [0.1, 0.15) is 18.4 Å². The molecule has 0 saturated carbocycles. The van der Waals surface area contributed by atoms with E-state index in [-0.39, 0.29) is 0 Å². The van der Waals surface area contributed by atoms with E-state index in [1.54, 1.807) is 12.6 Å². The molecule has 4 rings (SSSR count). The molecule has 0 spiro atoms. The largest absolute Gasteiger partial charge is 0.364 e. The van der Waals surface area contributed by atoms with E-state index < -0.39 is 0 Å². The van der Waals surface area contributed by atoms with Crippen molar-refractivity contribution in [1.29, 1.82) is 0 Å². The Hall–Kier alpha value is -1.95. The van der Waals surface area contributed by atoms with Crippen molar-refractivity contribution in [3.63, 3.8) is 0 Å². The summed E-state index contributed by atoms with van der Waals surface area (Å²) in [7, 11) is 0. The van der Waals surface area contributed by atoms with Gasteiger partial charge in [-0.15, -0.1) is 0 Å². The van der Waals surface area contributed by atoms with Crippen LogP contribution in [0, 0.1) is 25.7 Å². The predicted octanol–water partition coefficient (Wildman–Crippen LogP) is 1.65. The molecule has 2 atom stereocenters. The number of anilines is 1. The second-order valence-electron chi connectivity index (χ2n) is 6.52. The fraction of sp³-hybridized carbons (Fsp3) is 0.562. The van der Waals surface area contributed by atoms with E-state index in [1.807, 2.05) is 6.07 Å². The smallest absolute Gasteiger partial charge is 0.135 e. The summed E-state index contributed by atoms with van der Waals surface area (Å²) in [5.74, 6) is 2.56. The summed E-state index contributed by atoms with van der Waals surface area (Å²) in [4.78, 5) is 13.7. The van der Waals surface area contributed by atoms with E-state index >= 15 is 0 Å². The van der Waals surface area contributed by atoms with Gasteiger partial charge < -0.3 is 9.42 Å². The van der Waals surface area contributed by atoms with Gasteiger partial charge in [0.15, 0.2) is 0 Å². The molecule has 22 heavy (non-hydrogen) atoms. The van der Waals surface area contributed by atoms with Crippen LogP contribution < -0.4 is 4.90 Å². The second-order valence-corrected chi connectivity index (χ2v) is 6.52. The average molecular weight is 299 g/mol. The molecule has 2 aliphatic heterocycles. The van der Waals surface area contributed by atoms with Gasteiger partial charge in [-0.05, 0) is 25.7 Å². The Balaban J connectivity index is 1.42. The van der Waals surface area contributed by atoms with Gasteiger partial charge in [-0.25, -0.2) is 9.97 Å². The van der Waals surface area contributed by atoms with Gasteiger partial charge in [-0.3, -0.25) is 4.90 Å². The summed E-state index contributed by atoms with van der Waals surface area (Å²) in [5.41, 5.74) is 3.32. The van der Waals surface area contributed by atoms with Gasteiger partial charge >= 0.3 is 0 Å². The molecule has 2 saturated heterocycles. The van der Waals surface area contributed by atoms with Crippen LogP contribution in [0.2, 0.25) is 0 Å². The molecule has 0 radical (unpaired) electrons. The molecule has 0 aliphatic carbocycles. The normalized spacial score (nSPS) is 24.9. The Morgan fingerprint density at radius 2 is 1.91 bits per heavy atom. The van der Waals surface area contributed by atoms with Gasteiger partial charge in [0.05, 0.1) is 5.69 Å². The minimum Gasteiger partial charge on any atom is -0.364 e. The number of nitrogens with zero attached hydrogens (tertiary/aromatic N) is 5. The van der Waals surface area contributed by atoms with Gasteiger partial charge in [-0.2, -0.15) is 0 Å². The van der Waals surface area contributed by atoms with Gasteiger partial charge in [0.2, 0.25) is 0 Å². The number of fused-ring (bicyclic) bond motifs is 1. The minimum absolute atomic E-state index is 0.724. The van der Waals surface area contributed by atoms with Crippen LogP contribution in [0.5, 0.6) is 0 Å². The fourth-order valence-corrected chi connectivity index (χ4v) is 3.78. The monoisotopic (exact) mass is 299 g/mol. The SMILES string of the molecule is Cc1ncnc(N2CC3CN(Cc4ccon4)CC3C2)c1C. The molecule has 116 valence electrons. The first-order valence-electron chi connectivity index (χ1n) is 7.85. The topological polar surface area (TPSA) is 58.3 Å². The van der Waals surface area contributed by atoms with Crippen LogP contribution in [0.3, 0.4) is 0 Å². The van der Waals surface area contributed by atoms with E-state index in [0.717, 1.165) is 61.8 Å². The van der Waals surface area contributed by atoms with E-state index in [0.29, 0.717) is 0 Å². The standard InChI is InChI=1S/C16H21N5O/c1-11-12(2)17-10-18-16(11)21-7-13-5-20(6-14(13)8-21)9-15-3-4-22-19-15/h3-4,10,13-14H,5-9H2,1-2H3. The number of rotatable bonds is 3. The highest BCUT2D eigenvalue weighted by atomic mass is 16.5. The van der Waals surface area contributed by atoms with E-state index in [9.17, 15) is 0 Å². The molecule has 6 nitrogen and oxygen atoms in total. The lowest BCUT2D eigenvalue weighted by molar-refractivity contribution is 0.295. The molecule has 2 aromatic rings. The Morgan fingerprint density at radius 1 is 1.14 bits per heavy atom. The van der Waals surface area contributed by atoms with Crippen LogP contribution in [0.4, 0.5) is 5.82 Å². The molecule has 0 N–H and O–H groups in total. The second kappa shape index (κ2) is 5.35. The number of hydrogen-bond acceptors (Lipinski definition) is 6. The first-order valence-corrected chi connectivity index (χ1v) is 7.85. The minimum atomic E-state index is 0.724. The zero-order valence-electron chi connectivity index (χ0n) is 13.1. The molecule has 2 aliphatic rings. The molecule has 6 heteroatoms. The van der Waals surface area contributed by atoms with Crippen LogP contribution in [0.1, 0.15) is 17.0 Å². The van der Waals surface area contributed by atoms with E-state index in [4.69, 9.17) is 4.52 Å². The maximum Gasteiger partial charge on any atom is 0.135 e. The lowest BCUT2D eigenvalue weighted by Crippen LogP contribution is -2.29. The van der Waals surface area contributed by atoms with Crippen LogP contribution in [0.25, 0.3) is 0 Å². The molecule has 2 aromatic heterocycles. The number of likely N-dealkylation sites (tertiary alicyclic amines) is 1. The molecule has 0 aromatic carbocycles. The highest BCUT2D eigenvalue weighted by molar-refractivity contribution is 5.48. The number of hydrogen-bond donors (Lipinski definition) is 0. The summed E-state index contributed by atoms with van der Waals surface area (Å²) >= 11 is 0. The molecule has 4 heterocycles. The Morgan fingerprint density at radius 3 is 2.59 bits per heavy atom. The third-order valence-electron chi connectivity index (χ3n) is 5.05. The van der Waals surface area contributed by atoms with Crippen LogP contribution >= 0.6 is 0 Å². The van der Waals surface area contributed by atoms with Gasteiger partial charge in [0, 0.05) is 50.0 Å². The quantitative estimate of drug-likeness (QED) is 0.859. The molecule has 2 unspecified atom stereocenters. The van der Waals surface area contributed by atoms with Crippen molar-refractivity contribution in [1.82, 2.24) is 20.0 Å². The van der Waals surface area contributed by atoms with Crippen molar-refractivity contribution in [2.45, 2.75) is 20.4 Å². The zero-order chi connectivity index (χ0) is 15.1. The third-order valence-corrected chi connectivity index (χ3v) is 5.05. The third kappa shape index (κ3) is 2.37. The van der Waals surface area contributed by atoms with E-state index in [1.165, 1.54) is 5.56 Å². The molecular formula is C16H21N5O. The maximum absolute atomic E-state index is 4.92. The first kappa shape index (κ1) is 13.7. The van der Waals surface area contributed by atoms with Crippen molar-refractivity contribution in [3.05, 3.63) is 35.6 Å². The van der Waals surface area contributed by atoms with Crippen LogP contribution in [0.15, 0.2) is 23.2 Å². The van der Waals surface area contributed by atoms with Crippen molar-refractivity contribution >= 4 is 5.82 Å². The lowest BCUT2D eigenvalue weighted by Gasteiger charge is -2.23. The van der Waals surface area contributed by atoms with Crippen molar-refractivity contribution in [2.24, 2.45) is 11.8 Å². The molecule has 0 bridgehead atoms. The Labute approximate surface area is 130 Å². The highest BCUT2D eigenvalue weighted by Crippen LogP contribution is 2.34. The summed E-state index contributed by atoms with van der Waals surface area (Å²) in [6.45, 7) is 9.53. The average Bonchev–Trinajstić information content (AvgIpc) is 3.18. The van der Waals surface area contributed by atoms with Crippen LogP contribution in [-0.2, 0) is 6.54 Å². The predicted molar refractivity (Wildman–Crippen MR) is 82.5 cm³/mol. The van der Waals surface area contributed by atoms with Gasteiger partial charge in [0.25, 0.3) is 0 Å². The van der Waals surface area contributed by atoms with Crippen molar-refractivity contribution in [2.75, 3.05) is 31.1 Å². The molecular weight excluding hydrogens is 278 g/mol.